The number of aromatic nitrogens is 1. The number of aliphatic carboxylic acids is 2. The van der Waals surface area contributed by atoms with Crippen molar-refractivity contribution < 1.29 is 77.6 Å². The van der Waals surface area contributed by atoms with Gasteiger partial charge in [-0.25, -0.2) is 4.79 Å². The van der Waals surface area contributed by atoms with E-state index in [9.17, 15) is 77.6 Å². The van der Waals surface area contributed by atoms with Gasteiger partial charge in [-0.2, -0.15) is 0 Å². The SMILES string of the molecule is CC[C@H](C)[C@H](N)C(=O)N[C@@H](C)C(=O)N[C@@H](CC(=O)O)C(=O)N[C@@H](CCCN=C(N)N)C(=O)N1CCC[C@H]1C(=O)N[C@@H](CCCN=C(N)N)C(=O)N[C@@H](C)C(=O)N[C@@H](Cc1c[nH]c2ccccc12)C(=O)N[C@H](C(=O)NCC(=O)N[C@@H](CO)C(=O)N1CCC[C@H]1C(=O)O)[C@@H](C)CC. The van der Waals surface area contributed by atoms with Gasteiger partial charge in [-0.05, 0) is 88.7 Å². The zero-order chi connectivity index (χ0) is 70.8. The van der Waals surface area contributed by atoms with Crippen LogP contribution in [0.3, 0.4) is 0 Å². The first-order valence-electron chi connectivity index (χ1n) is 31.7. The largest absolute Gasteiger partial charge is 0.481 e. The number of H-pyrrole nitrogens is 1. The Kier molecular flexibility index (Phi) is 31.0. The highest BCUT2D eigenvalue weighted by Crippen LogP contribution is 2.23. The number of carbonyl (C=O) groups is 13. The molecule has 2 aliphatic heterocycles. The van der Waals surface area contributed by atoms with Crippen molar-refractivity contribution in [3.8, 4) is 0 Å². The molecule has 35 heteroatoms. The number of carboxylic acids is 2. The number of para-hydroxylation sites is 1. The molecule has 526 valence electrons. The van der Waals surface area contributed by atoms with Gasteiger partial charge in [-0.15, -0.1) is 0 Å². The molecule has 2 fully saturated rings. The number of nitrogens with zero attached hydrogens (tertiary/aromatic N) is 4. The lowest BCUT2D eigenvalue weighted by molar-refractivity contribution is -0.149. The van der Waals surface area contributed by atoms with Gasteiger partial charge in [0.1, 0.15) is 60.4 Å². The Bertz CT molecular complexity index is 3120. The van der Waals surface area contributed by atoms with Crippen LogP contribution in [0.25, 0.3) is 10.9 Å². The van der Waals surface area contributed by atoms with Crippen molar-refractivity contribution in [2.24, 2.45) is 50.5 Å². The molecule has 0 spiro atoms. The minimum Gasteiger partial charge on any atom is -0.481 e. The van der Waals surface area contributed by atoms with Gasteiger partial charge in [0.25, 0.3) is 0 Å². The molecule has 2 saturated heterocycles. The fraction of sp³-hybridized carbons (Fsp3) is 0.617. The monoisotopic (exact) mass is 1340 g/mol. The average molecular weight is 1340 g/mol. The first-order chi connectivity index (χ1) is 44.9. The Balaban J connectivity index is 1.55. The molecular formula is C60H95N19O16. The summed E-state index contributed by atoms with van der Waals surface area (Å²) in [4.78, 5) is 190. The summed E-state index contributed by atoms with van der Waals surface area (Å²) in [5.41, 5.74) is 29.4. The number of aliphatic imine (C=N–C) groups is 2. The van der Waals surface area contributed by atoms with E-state index in [-0.39, 0.29) is 95.4 Å². The number of hydrogen-bond acceptors (Lipinski definition) is 17. The van der Waals surface area contributed by atoms with E-state index in [0.29, 0.717) is 35.7 Å². The van der Waals surface area contributed by atoms with Crippen LogP contribution in [0.5, 0.6) is 0 Å². The van der Waals surface area contributed by atoms with Crippen molar-refractivity contribution in [2.75, 3.05) is 39.3 Å². The van der Waals surface area contributed by atoms with E-state index < -0.39 is 169 Å². The number of rotatable bonds is 38. The predicted octanol–water partition coefficient (Wildman–Crippen LogP) is -5.19. The molecule has 0 unspecified atom stereocenters. The molecule has 0 bridgehead atoms. The summed E-state index contributed by atoms with van der Waals surface area (Å²) in [5, 5.41) is 52.7. The number of likely N-dealkylation sites (tertiary alicyclic amines) is 2. The smallest absolute Gasteiger partial charge is 0.326 e. The maximum absolute atomic E-state index is 14.6. The van der Waals surface area contributed by atoms with E-state index in [0.717, 1.165) is 4.90 Å². The van der Waals surface area contributed by atoms with Crippen LogP contribution in [0.1, 0.15) is 118 Å². The molecule has 23 N–H and O–H groups in total. The van der Waals surface area contributed by atoms with E-state index in [4.69, 9.17) is 28.7 Å². The maximum Gasteiger partial charge on any atom is 0.326 e. The highest BCUT2D eigenvalue weighted by atomic mass is 16.4. The van der Waals surface area contributed by atoms with E-state index >= 15 is 0 Å². The first-order valence-corrected chi connectivity index (χ1v) is 31.7. The molecule has 35 nitrogen and oxygen atoms in total. The molecule has 95 heavy (non-hydrogen) atoms. The number of fused-ring (bicyclic) bond motifs is 1. The van der Waals surface area contributed by atoms with Crippen LogP contribution in [0, 0.1) is 11.8 Å². The maximum atomic E-state index is 14.6. The summed E-state index contributed by atoms with van der Waals surface area (Å²) >= 11 is 0. The molecular weight excluding hydrogens is 1240 g/mol. The van der Waals surface area contributed by atoms with Gasteiger partial charge in [0.2, 0.25) is 65.0 Å². The highest BCUT2D eigenvalue weighted by molar-refractivity contribution is 6.00. The number of aliphatic hydroxyl groups excluding tert-OH is 1. The zero-order valence-corrected chi connectivity index (χ0v) is 54.4. The van der Waals surface area contributed by atoms with Crippen molar-refractivity contribution in [2.45, 2.75) is 185 Å². The number of aromatic amines is 1. The van der Waals surface area contributed by atoms with Gasteiger partial charge in [-0.1, -0.05) is 58.7 Å². The molecule has 0 aliphatic carbocycles. The Morgan fingerprint density at radius 1 is 0.600 bits per heavy atom. The van der Waals surface area contributed by atoms with E-state index in [2.05, 4.69) is 62.8 Å². The van der Waals surface area contributed by atoms with E-state index in [1.807, 2.05) is 6.92 Å². The van der Waals surface area contributed by atoms with Crippen LogP contribution in [-0.2, 0) is 68.7 Å². The van der Waals surface area contributed by atoms with Gasteiger partial charge in [0.05, 0.1) is 25.6 Å². The molecule has 1 aromatic carbocycles. The first kappa shape index (κ1) is 77.8. The number of benzene rings is 1. The summed E-state index contributed by atoms with van der Waals surface area (Å²) in [6.07, 6.45) is 2.19. The van der Waals surface area contributed by atoms with Crippen LogP contribution >= 0.6 is 0 Å². The molecule has 11 amide bonds. The molecule has 0 radical (unpaired) electrons. The lowest BCUT2D eigenvalue weighted by Crippen LogP contribution is -2.60. The average Bonchev–Trinajstić information content (AvgIpc) is 1.75. The molecule has 13 atom stereocenters. The van der Waals surface area contributed by atoms with Gasteiger partial charge < -0.3 is 107 Å². The van der Waals surface area contributed by atoms with Crippen molar-refractivity contribution >= 4 is 99.7 Å². The molecule has 1 aromatic heterocycles. The van der Waals surface area contributed by atoms with Crippen LogP contribution in [-0.4, -0.2) is 225 Å². The highest BCUT2D eigenvalue weighted by Gasteiger charge is 2.42. The minimum absolute atomic E-state index is 0.00929. The Hall–Kier alpha value is -9.67. The standard InChI is InChI=1S/C60H95N19O16/c1-7-30(3)46(61)54(90)71-33(6)49(85)76-40(26-45(82)83)51(87)74-38(18-12-22-67-60(64)65)56(92)78-23-13-19-42(78)53(89)73-37(17-11-21-66-59(62)63)50(86)70-32(5)48(84)75-39(25-34-27-68-36-16-10-9-15-35(34)36)52(88)77-47(31(4)8-2)55(91)69-28-44(81)72-41(29-80)57(93)79-24-14-20-43(79)58(94)95/h9-10,15-16,27,30-33,37-43,46-47,68,80H,7-8,11-14,17-26,28-29,61H2,1-6H3,(H,69,91)(H,70,86)(H,71,90)(H,72,81)(H,73,89)(H,74,87)(H,75,84)(H,76,85)(H,77,88)(H,82,83)(H,94,95)(H4,62,63,66)(H4,64,65,67)/t30-,31-,32-,33-,37-,38-,39-,40-,41-,42-,43-,46-,47-/m0/s1. The van der Waals surface area contributed by atoms with Crippen LogP contribution < -0.4 is 76.5 Å². The lowest BCUT2D eigenvalue weighted by atomic mass is 9.97. The number of nitrogens with one attached hydrogen (secondary N) is 10. The van der Waals surface area contributed by atoms with Crippen LogP contribution in [0.4, 0.5) is 0 Å². The van der Waals surface area contributed by atoms with Crippen molar-refractivity contribution in [1.82, 2.24) is 62.6 Å². The van der Waals surface area contributed by atoms with E-state index in [1.54, 1.807) is 51.2 Å². The number of carboxylic acid groups (broad SMARTS) is 2. The summed E-state index contributed by atoms with van der Waals surface area (Å²) in [5.74, 6) is -13.6. The number of nitrogens with two attached hydrogens (primary N) is 5. The molecule has 2 aliphatic rings. The van der Waals surface area contributed by atoms with Gasteiger partial charge in [0.15, 0.2) is 11.9 Å². The summed E-state index contributed by atoms with van der Waals surface area (Å²) in [6, 6.07) is -7.92. The van der Waals surface area contributed by atoms with Crippen LogP contribution in [0.15, 0.2) is 40.4 Å². The second-order valence-electron chi connectivity index (χ2n) is 23.8. The van der Waals surface area contributed by atoms with Crippen molar-refractivity contribution in [3.63, 3.8) is 0 Å². The number of aliphatic hydroxyl groups is 1. The topological polar surface area (TPSA) is 568 Å². The summed E-state index contributed by atoms with van der Waals surface area (Å²) in [6.45, 7) is 8.02. The number of hydrogen-bond donors (Lipinski definition) is 18. The van der Waals surface area contributed by atoms with Crippen LogP contribution in [0.2, 0.25) is 0 Å². The Morgan fingerprint density at radius 2 is 1.12 bits per heavy atom. The van der Waals surface area contributed by atoms with Gasteiger partial charge in [-0.3, -0.25) is 67.5 Å². The lowest BCUT2D eigenvalue weighted by Gasteiger charge is -2.31. The quantitative estimate of drug-likeness (QED) is 0.0170. The third-order valence-electron chi connectivity index (χ3n) is 16.6. The Morgan fingerprint density at radius 3 is 1.68 bits per heavy atom. The summed E-state index contributed by atoms with van der Waals surface area (Å²) in [7, 11) is 0. The predicted molar refractivity (Wildman–Crippen MR) is 345 cm³/mol. The molecule has 3 heterocycles. The second-order valence-corrected chi connectivity index (χ2v) is 23.8. The minimum atomic E-state index is -1.78. The van der Waals surface area contributed by atoms with Crippen molar-refractivity contribution in [3.05, 3.63) is 36.0 Å². The number of guanidine groups is 2. The number of carbonyl (C=O) groups excluding carboxylic acids is 11. The molecule has 2 aromatic rings. The normalized spacial score (nSPS) is 17.8. The van der Waals surface area contributed by atoms with E-state index in [1.165, 1.54) is 18.7 Å². The van der Waals surface area contributed by atoms with Crippen molar-refractivity contribution in [1.29, 1.82) is 0 Å². The fourth-order valence-electron chi connectivity index (χ4n) is 10.7. The summed E-state index contributed by atoms with van der Waals surface area (Å²) < 4.78 is 0. The van der Waals surface area contributed by atoms with Gasteiger partial charge >= 0.3 is 11.9 Å². The fourth-order valence-corrected chi connectivity index (χ4v) is 10.7. The molecule has 0 saturated carbocycles. The Labute approximate surface area is 549 Å². The third kappa shape index (κ3) is 23.7. The zero-order valence-electron chi connectivity index (χ0n) is 54.4. The van der Waals surface area contributed by atoms with Gasteiger partial charge in [0, 0.05) is 49.7 Å². The third-order valence-corrected chi connectivity index (χ3v) is 16.6. The number of amides is 11. The molecule has 4 rings (SSSR count). The second kappa shape index (κ2) is 37.9.